The van der Waals surface area contributed by atoms with Crippen LogP contribution in [0, 0.1) is 0 Å². The van der Waals surface area contributed by atoms with Crippen molar-refractivity contribution in [1.82, 2.24) is 4.72 Å². The van der Waals surface area contributed by atoms with Crippen molar-refractivity contribution in [2.24, 2.45) is 0 Å². The van der Waals surface area contributed by atoms with Crippen molar-refractivity contribution in [2.75, 3.05) is 19.4 Å². The standard InChI is InChI=1S/C22H23NO6S2/c1-31(26,27)23-14-13-18-9-11-21(30-18)19(24)15-28-22(25)12-8-17-7-10-20(29-17)16-5-3-2-4-6-16/h2-7,9-11,23H,8,12-15H2,1H3. The highest BCUT2D eigenvalue weighted by molar-refractivity contribution is 7.88. The molecule has 3 aromatic rings. The fraction of sp³-hybridized carbons (Fsp3) is 0.273. The molecule has 0 bridgehead atoms. The Morgan fingerprint density at radius 1 is 1.03 bits per heavy atom. The van der Waals surface area contributed by atoms with Gasteiger partial charge < -0.3 is 9.15 Å². The molecule has 0 aliphatic carbocycles. The zero-order valence-electron chi connectivity index (χ0n) is 17.0. The molecule has 9 heteroatoms. The van der Waals surface area contributed by atoms with E-state index in [1.165, 1.54) is 11.3 Å². The molecule has 1 N–H and O–H groups in total. The monoisotopic (exact) mass is 461 g/mol. The first-order chi connectivity index (χ1) is 14.8. The topological polar surface area (TPSA) is 103 Å². The molecule has 0 unspecified atom stereocenters. The number of ether oxygens (including phenoxy) is 1. The van der Waals surface area contributed by atoms with Gasteiger partial charge in [-0.3, -0.25) is 9.59 Å². The first kappa shape index (κ1) is 22.9. The molecule has 0 fully saturated rings. The van der Waals surface area contributed by atoms with Gasteiger partial charge in [0, 0.05) is 23.4 Å². The van der Waals surface area contributed by atoms with Crippen molar-refractivity contribution >= 4 is 33.1 Å². The van der Waals surface area contributed by atoms with Crippen LogP contribution in [0.3, 0.4) is 0 Å². The second-order valence-corrected chi connectivity index (χ2v) is 9.90. The van der Waals surface area contributed by atoms with E-state index in [2.05, 4.69) is 4.72 Å². The average Bonchev–Trinajstić information content (AvgIpc) is 3.40. The Hall–Kier alpha value is -2.75. The fourth-order valence-corrected chi connectivity index (χ4v) is 4.21. The SMILES string of the molecule is CS(=O)(=O)NCCc1ccc(C(=O)COC(=O)CCc2ccc(-c3ccccc3)o2)s1. The molecule has 0 atom stereocenters. The van der Waals surface area contributed by atoms with Crippen molar-refractivity contribution in [2.45, 2.75) is 19.3 Å². The lowest BCUT2D eigenvalue weighted by Gasteiger charge is -2.03. The Bertz CT molecular complexity index is 1130. The van der Waals surface area contributed by atoms with Crippen molar-refractivity contribution in [3.63, 3.8) is 0 Å². The summed E-state index contributed by atoms with van der Waals surface area (Å²) in [6.45, 7) is -0.0610. The largest absolute Gasteiger partial charge is 0.461 e. The van der Waals surface area contributed by atoms with Crippen molar-refractivity contribution < 1.29 is 27.2 Å². The smallest absolute Gasteiger partial charge is 0.306 e. The Morgan fingerprint density at radius 2 is 1.81 bits per heavy atom. The number of carbonyl (C=O) groups is 2. The second kappa shape index (κ2) is 10.5. The van der Waals surface area contributed by atoms with Gasteiger partial charge in [-0.2, -0.15) is 0 Å². The minimum Gasteiger partial charge on any atom is -0.461 e. The molecule has 1 aromatic carbocycles. The molecule has 3 rings (SSSR count). The molecule has 0 radical (unpaired) electrons. The second-order valence-electron chi connectivity index (χ2n) is 6.90. The summed E-state index contributed by atoms with van der Waals surface area (Å²) >= 11 is 1.26. The number of aryl methyl sites for hydroxylation is 1. The third-order valence-electron chi connectivity index (χ3n) is 4.33. The summed E-state index contributed by atoms with van der Waals surface area (Å²) in [6.07, 6.45) is 2.08. The molecule has 0 aliphatic heterocycles. The van der Waals surface area contributed by atoms with Crippen LogP contribution in [0.4, 0.5) is 0 Å². The summed E-state index contributed by atoms with van der Waals surface area (Å²) in [6, 6.07) is 16.8. The molecular formula is C22H23NO6S2. The average molecular weight is 462 g/mol. The number of benzene rings is 1. The first-order valence-electron chi connectivity index (χ1n) is 9.66. The lowest BCUT2D eigenvalue weighted by molar-refractivity contribution is -0.142. The van der Waals surface area contributed by atoms with Crippen LogP contribution in [-0.4, -0.2) is 39.6 Å². The number of sulfonamides is 1. The van der Waals surface area contributed by atoms with Crippen LogP contribution >= 0.6 is 11.3 Å². The molecule has 7 nitrogen and oxygen atoms in total. The predicted octanol–water partition coefficient (Wildman–Crippen LogP) is 3.46. The minimum atomic E-state index is -3.24. The lowest BCUT2D eigenvalue weighted by Crippen LogP contribution is -2.24. The fourth-order valence-electron chi connectivity index (χ4n) is 2.81. The van der Waals surface area contributed by atoms with E-state index in [-0.39, 0.29) is 25.4 Å². The predicted molar refractivity (Wildman–Crippen MR) is 119 cm³/mol. The molecular weight excluding hydrogens is 438 g/mol. The summed E-state index contributed by atoms with van der Waals surface area (Å²) in [4.78, 5) is 25.6. The third-order valence-corrected chi connectivity index (χ3v) is 6.25. The Kier molecular flexibility index (Phi) is 7.78. The summed E-state index contributed by atoms with van der Waals surface area (Å²) in [5.41, 5.74) is 0.962. The van der Waals surface area contributed by atoms with Crippen LogP contribution in [0.5, 0.6) is 0 Å². The van der Waals surface area contributed by atoms with Gasteiger partial charge in [-0.1, -0.05) is 30.3 Å². The highest BCUT2D eigenvalue weighted by Gasteiger charge is 2.14. The zero-order chi connectivity index (χ0) is 22.3. The van der Waals surface area contributed by atoms with Crippen molar-refractivity contribution in [3.05, 3.63) is 70.1 Å². The van der Waals surface area contributed by atoms with E-state index in [1.54, 1.807) is 12.1 Å². The molecule has 31 heavy (non-hydrogen) atoms. The van der Waals surface area contributed by atoms with E-state index in [4.69, 9.17) is 9.15 Å². The Labute approximate surface area is 185 Å². The Morgan fingerprint density at radius 3 is 2.55 bits per heavy atom. The van der Waals surface area contributed by atoms with E-state index in [0.717, 1.165) is 22.5 Å². The van der Waals surface area contributed by atoms with Crippen LogP contribution in [-0.2, 0) is 32.4 Å². The van der Waals surface area contributed by atoms with Gasteiger partial charge in [0.25, 0.3) is 0 Å². The van der Waals surface area contributed by atoms with Crippen LogP contribution in [0.15, 0.2) is 59.0 Å². The molecule has 164 valence electrons. The summed E-state index contributed by atoms with van der Waals surface area (Å²) in [5, 5.41) is 0. The highest BCUT2D eigenvalue weighted by atomic mass is 32.2. The third kappa shape index (κ3) is 7.46. The number of esters is 1. The van der Waals surface area contributed by atoms with Gasteiger partial charge in [0.2, 0.25) is 15.8 Å². The van der Waals surface area contributed by atoms with E-state index in [0.29, 0.717) is 23.5 Å². The number of hydrogen-bond donors (Lipinski definition) is 1. The number of carbonyl (C=O) groups excluding carboxylic acids is 2. The van der Waals surface area contributed by atoms with Crippen LogP contribution in [0.1, 0.15) is 26.7 Å². The molecule has 0 amide bonds. The molecule has 2 aromatic heterocycles. The van der Waals surface area contributed by atoms with Crippen molar-refractivity contribution in [3.8, 4) is 11.3 Å². The lowest BCUT2D eigenvalue weighted by atomic mass is 10.2. The molecule has 0 saturated heterocycles. The van der Waals surface area contributed by atoms with Gasteiger partial charge in [0.15, 0.2) is 6.61 Å². The highest BCUT2D eigenvalue weighted by Crippen LogP contribution is 2.22. The minimum absolute atomic E-state index is 0.113. The first-order valence-corrected chi connectivity index (χ1v) is 12.4. The van der Waals surface area contributed by atoms with Crippen LogP contribution in [0.2, 0.25) is 0 Å². The molecule has 2 heterocycles. The normalized spacial score (nSPS) is 11.4. The summed E-state index contributed by atoms with van der Waals surface area (Å²) in [7, 11) is -3.24. The van der Waals surface area contributed by atoms with Gasteiger partial charge in [0.1, 0.15) is 11.5 Å². The van der Waals surface area contributed by atoms with Gasteiger partial charge in [-0.25, -0.2) is 13.1 Å². The maximum Gasteiger partial charge on any atom is 0.306 e. The number of furan rings is 1. The maximum absolute atomic E-state index is 12.2. The van der Waals surface area contributed by atoms with Crippen LogP contribution in [0.25, 0.3) is 11.3 Å². The quantitative estimate of drug-likeness (QED) is 0.347. The Balaban J connectivity index is 1.41. The number of Topliss-reactive ketones (excluding diaryl/α,β-unsaturated/α-hetero) is 1. The summed E-state index contributed by atoms with van der Waals surface area (Å²) in [5.74, 6) is 0.650. The van der Waals surface area contributed by atoms with Crippen molar-refractivity contribution in [1.29, 1.82) is 0 Å². The molecule has 0 saturated carbocycles. The van der Waals surface area contributed by atoms with Gasteiger partial charge >= 0.3 is 5.97 Å². The number of nitrogens with one attached hydrogen (secondary N) is 1. The van der Waals surface area contributed by atoms with Crippen LogP contribution < -0.4 is 4.72 Å². The number of thiophene rings is 1. The van der Waals surface area contributed by atoms with E-state index >= 15 is 0 Å². The molecule has 0 aliphatic rings. The zero-order valence-corrected chi connectivity index (χ0v) is 18.6. The van der Waals surface area contributed by atoms with E-state index < -0.39 is 16.0 Å². The number of ketones is 1. The maximum atomic E-state index is 12.2. The van der Waals surface area contributed by atoms with E-state index in [9.17, 15) is 18.0 Å². The van der Waals surface area contributed by atoms with Gasteiger partial charge in [-0.05, 0) is 30.7 Å². The number of hydrogen-bond acceptors (Lipinski definition) is 7. The van der Waals surface area contributed by atoms with E-state index in [1.807, 2.05) is 42.5 Å². The molecule has 0 spiro atoms. The van der Waals surface area contributed by atoms with Gasteiger partial charge in [-0.15, -0.1) is 11.3 Å². The van der Waals surface area contributed by atoms with Gasteiger partial charge in [0.05, 0.1) is 17.6 Å². The summed E-state index contributed by atoms with van der Waals surface area (Å²) < 4.78 is 35.4. The number of rotatable bonds is 11.